The highest BCUT2D eigenvalue weighted by molar-refractivity contribution is 5.88. The molecule has 0 bridgehead atoms. The van der Waals surface area contributed by atoms with Gasteiger partial charge in [-0.1, -0.05) is 0 Å². The Morgan fingerprint density at radius 3 is 3.06 bits per heavy atom. The van der Waals surface area contributed by atoms with E-state index in [9.17, 15) is 4.79 Å². The van der Waals surface area contributed by atoms with Gasteiger partial charge in [-0.25, -0.2) is 9.78 Å². The Labute approximate surface area is 98.3 Å². The van der Waals surface area contributed by atoms with Crippen LogP contribution in [0.1, 0.15) is 28.5 Å². The third-order valence-electron chi connectivity index (χ3n) is 2.43. The molecule has 0 aliphatic heterocycles. The van der Waals surface area contributed by atoms with E-state index < -0.39 is 5.97 Å². The molecule has 0 aliphatic rings. The second kappa shape index (κ2) is 4.26. The summed E-state index contributed by atoms with van der Waals surface area (Å²) in [4.78, 5) is 15.6. The minimum Gasteiger partial charge on any atom is -0.461 e. The number of hydrogen-bond donors (Lipinski definition) is 0. The summed E-state index contributed by atoms with van der Waals surface area (Å²) in [5, 5.41) is 9.05. The van der Waals surface area contributed by atoms with Crippen LogP contribution in [-0.4, -0.2) is 22.0 Å². The Hall–Kier alpha value is -2.35. The van der Waals surface area contributed by atoms with Gasteiger partial charge >= 0.3 is 5.97 Å². The Bertz CT molecular complexity index is 622. The predicted molar refractivity (Wildman–Crippen MR) is 60.6 cm³/mol. The first-order valence-corrected chi connectivity index (χ1v) is 5.23. The molecule has 5 heteroatoms. The van der Waals surface area contributed by atoms with Crippen molar-refractivity contribution in [2.45, 2.75) is 13.8 Å². The van der Waals surface area contributed by atoms with Crippen LogP contribution >= 0.6 is 0 Å². The number of pyridine rings is 1. The molecule has 2 aromatic heterocycles. The Kier molecular flexibility index (Phi) is 2.79. The van der Waals surface area contributed by atoms with Gasteiger partial charge < -0.3 is 9.14 Å². The van der Waals surface area contributed by atoms with Gasteiger partial charge in [-0.05, 0) is 25.5 Å². The fraction of sp³-hybridized carbons (Fsp3) is 0.250. The summed E-state index contributed by atoms with van der Waals surface area (Å²) in [6, 6.07) is 3.89. The molecule has 2 rings (SSSR count). The van der Waals surface area contributed by atoms with Crippen molar-refractivity contribution in [3.8, 4) is 6.07 Å². The zero-order valence-corrected chi connectivity index (χ0v) is 9.60. The van der Waals surface area contributed by atoms with Crippen LogP contribution in [0.4, 0.5) is 0 Å². The first kappa shape index (κ1) is 11.1. The topological polar surface area (TPSA) is 67.4 Å². The number of fused-ring (bicyclic) bond motifs is 1. The lowest BCUT2D eigenvalue weighted by molar-refractivity contribution is 0.0520. The smallest absolute Gasteiger partial charge is 0.358 e. The zero-order chi connectivity index (χ0) is 12.4. The van der Waals surface area contributed by atoms with Crippen LogP contribution in [0.25, 0.3) is 5.65 Å². The van der Waals surface area contributed by atoms with Gasteiger partial charge in [0.05, 0.1) is 12.2 Å². The number of aryl methyl sites for hydroxylation is 1. The molecule has 0 amide bonds. The molecule has 2 aromatic rings. The Morgan fingerprint density at radius 1 is 1.65 bits per heavy atom. The highest BCUT2D eigenvalue weighted by atomic mass is 16.5. The summed E-state index contributed by atoms with van der Waals surface area (Å²) < 4.78 is 6.51. The SMILES string of the molecule is CCOC(=O)c1cn2ccc(C)c(C#N)c2n1. The minimum atomic E-state index is -0.474. The van der Waals surface area contributed by atoms with Gasteiger partial charge in [-0.15, -0.1) is 0 Å². The molecule has 0 spiro atoms. The van der Waals surface area contributed by atoms with Crippen LogP contribution in [0.5, 0.6) is 0 Å². The van der Waals surface area contributed by atoms with Gasteiger partial charge in [-0.2, -0.15) is 5.26 Å². The van der Waals surface area contributed by atoms with E-state index in [2.05, 4.69) is 11.1 Å². The molecule has 0 N–H and O–H groups in total. The van der Waals surface area contributed by atoms with Gasteiger partial charge in [0.15, 0.2) is 11.3 Å². The molecule has 0 radical (unpaired) electrons. The predicted octanol–water partition coefficient (Wildman–Crippen LogP) is 1.69. The van der Waals surface area contributed by atoms with E-state index in [1.54, 1.807) is 23.7 Å². The molecule has 0 aromatic carbocycles. The van der Waals surface area contributed by atoms with E-state index in [4.69, 9.17) is 10.00 Å². The quantitative estimate of drug-likeness (QED) is 0.735. The molecule has 0 saturated carbocycles. The summed E-state index contributed by atoms with van der Waals surface area (Å²) in [5.41, 5.74) is 2.01. The highest BCUT2D eigenvalue weighted by Crippen LogP contribution is 2.15. The van der Waals surface area contributed by atoms with Gasteiger partial charge in [-0.3, -0.25) is 0 Å². The second-order valence-corrected chi connectivity index (χ2v) is 3.56. The Balaban J connectivity index is 2.59. The van der Waals surface area contributed by atoms with Crippen molar-refractivity contribution in [1.29, 1.82) is 5.26 Å². The van der Waals surface area contributed by atoms with Crippen molar-refractivity contribution in [3.63, 3.8) is 0 Å². The maximum atomic E-state index is 11.5. The fourth-order valence-corrected chi connectivity index (χ4v) is 1.59. The summed E-state index contributed by atoms with van der Waals surface area (Å²) in [6.45, 7) is 3.87. The fourth-order valence-electron chi connectivity index (χ4n) is 1.59. The van der Waals surface area contributed by atoms with E-state index in [-0.39, 0.29) is 5.69 Å². The lowest BCUT2D eigenvalue weighted by atomic mass is 10.2. The normalized spacial score (nSPS) is 10.2. The lowest BCUT2D eigenvalue weighted by Gasteiger charge is -1.98. The van der Waals surface area contributed by atoms with Crippen molar-refractivity contribution in [3.05, 3.63) is 35.3 Å². The summed E-state index contributed by atoms with van der Waals surface area (Å²) in [7, 11) is 0. The number of rotatable bonds is 2. The number of nitriles is 1. The monoisotopic (exact) mass is 229 g/mol. The van der Waals surface area contributed by atoms with Crippen molar-refractivity contribution in [1.82, 2.24) is 9.38 Å². The number of esters is 1. The van der Waals surface area contributed by atoms with Gasteiger partial charge in [0.25, 0.3) is 0 Å². The van der Waals surface area contributed by atoms with E-state index in [1.807, 2.05) is 13.0 Å². The zero-order valence-electron chi connectivity index (χ0n) is 9.60. The van der Waals surface area contributed by atoms with Gasteiger partial charge in [0.1, 0.15) is 6.07 Å². The average molecular weight is 229 g/mol. The number of imidazole rings is 1. The molecule has 0 aliphatic carbocycles. The molecule has 86 valence electrons. The maximum absolute atomic E-state index is 11.5. The summed E-state index contributed by atoms with van der Waals surface area (Å²) in [6.07, 6.45) is 3.33. The molecule has 0 saturated heterocycles. The molecule has 0 unspecified atom stereocenters. The largest absolute Gasteiger partial charge is 0.461 e. The van der Waals surface area contributed by atoms with Crippen molar-refractivity contribution in [2.75, 3.05) is 6.61 Å². The maximum Gasteiger partial charge on any atom is 0.358 e. The van der Waals surface area contributed by atoms with Gasteiger partial charge in [0.2, 0.25) is 0 Å². The Morgan fingerprint density at radius 2 is 2.41 bits per heavy atom. The van der Waals surface area contributed by atoms with Crippen LogP contribution in [-0.2, 0) is 4.74 Å². The number of nitrogens with zero attached hydrogens (tertiary/aromatic N) is 3. The molecular formula is C12H11N3O2. The van der Waals surface area contributed by atoms with Crippen molar-refractivity contribution >= 4 is 11.6 Å². The van der Waals surface area contributed by atoms with Crippen molar-refractivity contribution < 1.29 is 9.53 Å². The summed E-state index contributed by atoms with van der Waals surface area (Å²) in [5.74, 6) is -0.474. The third kappa shape index (κ3) is 1.85. The average Bonchev–Trinajstić information content (AvgIpc) is 2.73. The second-order valence-electron chi connectivity index (χ2n) is 3.56. The van der Waals surface area contributed by atoms with Crippen LogP contribution in [0.2, 0.25) is 0 Å². The van der Waals surface area contributed by atoms with Gasteiger partial charge in [0, 0.05) is 12.4 Å². The standard InChI is InChI=1S/C12H11N3O2/c1-3-17-12(16)10-7-15-5-4-8(2)9(6-13)11(15)14-10/h4-5,7H,3H2,1-2H3. The number of carbonyl (C=O) groups is 1. The first-order chi connectivity index (χ1) is 8.17. The van der Waals surface area contributed by atoms with E-state index in [0.717, 1.165) is 5.56 Å². The van der Waals surface area contributed by atoms with Crippen LogP contribution in [0.3, 0.4) is 0 Å². The van der Waals surface area contributed by atoms with Crippen molar-refractivity contribution in [2.24, 2.45) is 0 Å². The number of ether oxygens (including phenoxy) is 1. The van der Waals surface area contributed by atoms with Crippen LogP contribution < -0.4 is 0 Å². The minimum absolute atomic E-state index is 0.217. The molecule has 0 atom stereocenters. The molecule has 17 heavy (non-hydrogen) atoms. The number of aromatic nitrogens is 2. The molecule has 2 heterocycles. The molecule has 5 nitrogen and oxygen atoms in total. The first-order valence-electron chi connectivity index (χ1n) is 5.23. The van der Waals surface area contributed by atoms with E-state index in [1.165, 1.54) is 0 Å². The van der Waals surface area contributed by atoms with E-state index in [0.29, 0.717) is 17.8 Å². The van der Waals surface area contributed by atoms with E-state index >= 15 is 0 Å². The molecular weight excluding hydrogens is 218 g/mol. The number of hydrogen-bond acceptors (Lipinski definition) is 4. The molecule has 0 fully saturated rings. The van der Waals surface area contributed by atoms with Crippen LogP contribution in [0.15, 0.2) is 18.5 Å². The lowest BCUT2D eigenvalue weighted by Crippen LogP contribution is -2.04. The third-order valence-corrected chi connectivity index (χ3v) is 2.43. The highest BCUT2D eigenvalue weighted by Gasteiger charge is 2.14. The number of carbonyl (C=O) groups excluding carboxylic acids is 1. The van der Waals surface area contributed by atoms with Crippen LogP contribution in [0, 0.1) is 18.3 Å². The summed E-state index contributed by atoms with van der Waals surface area (Å²) >= 11 is 0.